The first-order chi connectivity index (χ1) is 56.9. The van der Waals surface area contributed by atoms with Gasteiger partial charge in [-0.3, -0.25) is 9.69 Å². The molecule has 16 rings (SSSR count). The Labute approximate surface area is 685 Å². The van der Waals surface area contributed by atoms with Crippen molar-refractivity contribution in [1.82, 2.24) is 59.1 Å². The van der Waals surface area contributed by atoms with Gasteiger partial charge in [0.15, 0.2) is 29.4 Å². The zero-order valence-corrected chi connectivity index (χ0v) is 69.2. The highest BCUT2D eigenvalue weighted by Crippen LogP contribution is 2.34. The summed E-state index contributed by atoms with van der Waals surface area (Å²) in [5.41, 5.74) is 31.9. The van der Waals surface area contributed by atoms with Crippen molar-refractivity contribution in [3.05, 3.63) is 313 Å². The number of azo groups is 1. The molecule has 596 valence electrons. The van der Waals surface area contributed by atoms with Gasteiger partial charge in [-0.25, -0.2) is 39.7 Å². The Morgan fingerprint density at radius 2 is 0.855 bits per heavy atom. The quantitative estimate of drug-likeness (QED) is 0.0577. The monoisotopic (exact) mass is 1560 g/mol. The van der Waals surface area contributed by atoms with E-state index >= 15 is 0 Å². The number of rotatable bonds is 24. The van der Waals surface area contributed by atoms with Gasteiger partial charge in [-0.05, 0) is 196 Å². The van der Waals surface area contributed by atoms with E-state index in [1.807, 2.05) is 32.9 Å². The molecule has 0 bridgehead atoms. The molecule has 0 spiro atoms. The Hall–Kier alpha value is -12.7. The number of nitrogens with zero attached hydrogens (tertiary/aromatic N) is 13. The van der Waals surface area contributed by atoms with Crippen LogP contribution < -0.4 is 15.4 Å². The Morgan fingerprint density at radius 1 is 0.427 bits per heavy atom. The number of alkyl carbamates (subject to hydrolysis) is 1. The van der Waals surface area contributed by atoms with Gasteiger partial charge in [-0.2, -0.15) is 5.11 Å². The minimum atomic E-state index is -0.454. The lowest BCUT2D eigenvalue weighted by Gasteiger charge is -2.27. The van der Waals surface area contributed by atoms with Crippen molar-refractivity contribution in [2.45, 2.75) is 141 Å². The van der Waals surface area contributed by atoms with E-state index in [4.69, 9.17) is 44.1 Å². The normalized spacial score (nSPS) is 12.7. The summed E-state index contributed by atoms with van der Waals surface area (Å²) in [6, 6.07) is 70.7. The predicted molar refractivity (Wildman–Crippen MR) is 466 cm³/mol. The van der Waals surface area contributed by atoms with Crippen LogP contribution in [0.5, 0.6) is 5.75 Å². The standard InChI is InChI=1S/C34H36N4O3.C32H30N6.C31H37N5O2/c1-6-31-37-32-22(2)16-23(3)36-33(32)38(31)21-24-10-13-27(14-11-24)30-19-26(12-15-28(30)20-35-34(39)41-5)17-25-8-7-9-29(18-25)40-4;1-4-29-36-30-21(2)16-22(3)35-32(30)38(29)19-24-10-13-26(14-11-24)28-18-25(17-23-8-6-5-7-9-23)12-15-27(28)31-33-20-34-37-31;1-5-29-34-30-21(2)16-22(3)33-31(30)36(29)20-24-6-9-26(10-7-24)28-17-25(19-35-12-14-38-15-13-35)8-11-27(28)18-32-23(4)37/h7-16,18-19H,6,17,20-21H2,1-5H3,(H,35,39);5-16,18H,4,17,19-20H2,1-3H3;6-11,16-17H,5,12-15,18-20H2,1-4H3,(H,32,37). The van der Waals surface area contributed by atoms with Crippen molar-refractivity contribution >= 4 is 51.3 Å². The molecule has 2 N–H and O–H groups in total. The molecule has 1 saturated heterocycles. The van der Waals surface area contributed by atoms with Crippen molar-refractivity contribution in [2.75, 3.05) is 47.2 Å². The summed E-state index contributed by atoms with van der Waals surface area (Å²) >= 11 is 0. The lowest BCUT2D eigenvalue weighted by Crippen LogP contribution is -2.35. The van der Waals surface area contributed by atoms with E-state index in [9.17, 15) is 9.59 Å². The lowest BCUT2D eigenvalue weighted by molar-refractivity contribution is -0.119. The van der Waals surface area contributed by atoms with E-state index in [-0.39, 0.29) is 5.91 Å². The molecule has 6 aromatic heterocycles. The SMILES string of the molecule is CCc1nc2c(C)cc(C)nc2n1Cc1ccc(-c2cc(CN3CCOCC3)ccc2CNC(C)=O)cc1.CCc1nc2c(C)cc(C)nc2n1Cc1ccc(-c2cc(Cc3cccc(OC)c3)ccc2CNC(=O)OC)cc1.CCc1nc2c(C)cc(C)nc2n1Cc1ccc(-c2cc(Cc3ccccc3)ccc2C2=NCN=N2)cc1. The van der Waals surface area contributed by atoms with Gasteiger partial charge >= 0.3 is 6.09 Å². The Balaban J connectivity index is 0.000000145. The van der Waals surface area contributed by atoms with Crippen LogP contribution in [0.1, 0.15) is 140 Å². The molecule has 0 aliphatic carbocycles. The summed E-state index contributed by atoms with van der Waals surface area (Å²) < 4.78 is 22.4. The zero-order valence-electron chi connectivity index (χ0n) is 69.2. The van der Waals surface area contributed by atoms with E-state index < -0.39 is 6.09 Å². The largest absolute Gasteiger partial charge is 0.497 e. The maximum atomic E-state index is 11.8. The van der Waals surface area contributed by atoms with Gasteiger partial charge in [0.25, 0.3) is 0 Å². The molecule has 1 fully saturated rings. The molecule has 0 radical (unpaired) electrons. The average molecular weight is 1560 g/mol. The molecular formula is C97H103N15O5. The maximum Gasteiger partial charge on any atom is 0.407 e. The molecule has 8 aromatic carbocycles. The van der Waals surface area contributed by atoms with Gasteiger partial charge in [-0.1, -0.05) is 185 Å². The number of amides is 2. The second-order valence-corrected chi connectivity index (χ2v) is 30.3. The highest BCUT2D eigenvalue weighted by Gasteiger charge is 2.22. The molecule has 2 aliphatic rings. The highest BCUT2D eigenvalue weighted by atomic mass is 16.5. The van der Waals surface area contributed by atoms with Crippen LogP contribution in [0.25, 0.3) is 66.9 Å². The van der Waals surface area contributed by atoms with Crippen LogP contribution in [-0.4, -0.2) is 114 Å². The number of methoxy groups -OCH3 is 2. The predicted octanol–water partition coefficient (Wildman–Crippen LogP) is 18.7. The number of hydrogen-bond acceptors (Lipinski definition) is 15. The second kappa shape index (κ2) is 37.3. The summed E-state index contributed by atoms with van der Waals surface area (Å²) in [6.07, 6.45) is 3.75. The molecule has 20 heteroatoms. The molecule has 2 amide bonds. The van der Waals surface area contributed by atoms with Crippen LogP contribution in [0.4, 0.5) is 4.79 Å². The lowest BCUT2D eigenvalue weighted by atomic mass is 9.93. The van der Waals surface area contributed by atoms with Gasteiger partial charge in [-0.15, -0.1) is 5.11 Å². The third-order valence-electron chi connectivity index (χ3n) is 21.6. The minimum absolute atomic E-state index is 0.0259. The van der Waals surface area contributed by atoms with E-state index in [1.165, 1.54) is 62.7 Å². The van der Waals surface area contributed by atoms with Gasteiger partial charge in [0.05, 0.1) is 47.1 Å². The molecule has 2 aliphatic heterocycles. The first-order valence-corrected chi connectivity index (χ1v) is 40.5. The van der Waals surface area contributed by atoms with Crippen LogP contribution in [-0.2, 0) is 85.6 Å². The number of benzene rings is 8. The summed E-state index contributed by atoms with van der Waals surface area (Å²) in [5, 5.41) is 14.2. The maximum absolute atomic E-state index is 11.8. The van der Waals surface area contributed by atoms with Crippen LogP contribution in [0.15, 0.2) is 215 Å². The number of ether oxygens (including phenoxy) is 3. The summed E-state index contributed by atoms with van der Waals surface area (Å²) in [7, 11) is 3.05. The number of hydrogen-bond donors (Lipinski definition) is 2. The van der Waals surface area contributed by atoms with Crippen molar-refractivity contribution in [2.24, 2.45) is 15.2 Å². The Morgan fingerprint density at radius 3 is 1.32 bits per heavy atom. The van der Waals surface area contributed by atoms with Crippen LogP contribution >= 0.6 is 0 Å². The van der Waals surface area contributed by atoms with Gasteiger partial charge in [0.1, 0.15) is 39.8 Å². The number of morpholine rings is 1. The number of pyridine rings is 3. The van der Waals surface area contributed by atoms with Crippen molar-refractivity contribution in [3.63, 3.8) is 0 Å². The van der Waals surface area contributed by atoms with Crippen molar-refractivity contribution in [1.29, 1.82) is 0 Å². The van der Waals surface area contributed by atoms with E-state index in [2.05, 4.69) is 274 Å². The summed E-state index contributed by atoms with van der Waals surface area (Å²) in [4.78, 5) is 59.6. The molecule has 0 unspecified atom stereocenters. The van der Waals surface area contributed by atoms with Crippen molar-refractivity contribution in [3.8, 4) is 39.1 Å². The number of nitrogens with one attached hydrogen (secondary N) is 2. The third kappa shape index (κ3) is 19.5. The number of fused-ring (bicyclic) bond motifs is 3. The minimum Gasteiger partial charge on any atom is -0.497 e. The van der Waals surface area contributed by atoms with Crippen LogP contribution in [0.2, 0.25) is 0 Å². The number of aromatic nitrogens is 9. The van der Waals surface area contributed by atoms with E-state index in [0.717, 1.165) is 207 Å². The van der Waals surface area contributed by atoms with Gasteiger partial charge in [0.2, 0.25) is 5.91 Å². The summed E-state index contributed by atoms with van der Waals surface area (Å²) in [6.45, 7) is 28.2. The molecule has 14 aromatic rings. The first-order valence-electron chi connectivity index (χ1n) is 40.5. The number of imidazole rings is 3. The highest BCUT2D eigenvalue weighted by molar-refractivity contribution is 6.05. The topological polar surface area (TPSA) is 218 Å². The number of aryl methyl sites for hydroxylation is 9. The number of carbonyl (C=O) groups excluding carboxylic acids is 2. The number of amidine groups is 1. The molecule has 117 heavy (non-hydrogen) atoms. The Bertz CT molecular complexity index is 5960. The molecule has 20 nitrogen and oxygen atoms in total. The van der Waals surface area contributed by atoms with E-state index in [0.29, 0.717) is 32.1 Å². The first kappa shape index (κ1) is 80.9. The molecule has 8 heterocycles. The molecule has 0 atom stereocenters. The van der Waals surface area contributed by atoms with Crippen LogP contribution in [0, 0.1) is 41.5 Å². The third-order valence-corrected chi connectivity index (χ3v) is 21.6. The van der Waals surface area contributed by atoms with Gasteiger partial charge < -0.3 is 38.5 Å². The molecular weight excluding hydrogens is 1460 g/mol. The number of aliphatic imine (C=N–C) groups is 1. The smallest absolute Gasteiger partial charge is 0.407 e. The van der Waals surface area contributed by atoms with Crippen molar-refractivity contribution < 1.29 is 23.8 Å². The molecule has 0 saturated carbocycles. The fourth-order valence-corrected chi connectivity index (χ4v) is 15.7. The summed E-state index contributed by atoms with van der Waals surface area (Å²) in [5.74, 6) is 4.66. The van der Waals surface area contributed by atoms with E-state index in [1.54, 1.807) is 14.0 Å². The Kier molecular flexibility index (Phi) is 25.8. The fraction of sp³-hybridized carbons (Fsp3) is 0.289. The van der Waals surface area contributed by atoms with Gasteiger partial charge in [0, 0.05) is 81.6 Å². The number of carbonyl (C=O) groups is 2. The zero-order chi connectivity index (χ0) is 81.6. The van der Waals surface area contributed by atoms with Crippen LogP contribution in [0.3, 0.4) is 0 Å². The second-order valence-electron chi connectivity index (χ2n) is 30.3. The average Bonchev–Trinajstić information content (AvgIpc) is 1.76. The fourth-order valence-electron chi connectivity index (χ4n) is 15.7.